The largest absolute Gasteiger partial charge is 0.466 e. The number of halogens is 8. The number of unbranched alkanes of at least 4 members (excludes halogenated alkanes) is 3. The molecule has 46 heteroatoms. The lowest BCUT2D eigenvalue weighted by Crippen LogP contribution is -2.28. The highest BCUT2D eigenvalue weighted by Gasteiger charge is 2.19. The van der Waals surface area contributed by atoms with Gasteiger partial charge in [-0.05, 0) is 127 Å². The molecule has 0 radical (unpaired) electrons. The van der Waals surface area contributed by atoms with Crippen molar-refractivity contribution in [1.29, 1.82) is 0 Å². The summed E-state index contributed by atoms with van der Waals surface area (Å²) < 4.78 is 100. The highest BCUT2D eigenvalue weighted by molar-refractivity contribution is 9.09. The third kappa shape index (κ3) is 106. The Labute approximate surface area is 871 Å². The van der Waals surface area contributed by atoms with Crippen molar-refractivity contribution in [3.8, 4) is 0 Å². The van der Waals surface area contributed by atoms with Crippen LogP contribution in [0.5, 0.6) is 0 Å². The first kappa shape index (κ1) is 146. The van der Waals surface area contributed by atoms with Crippen LogP contribution in [0.15, 0.2) is 139 Å². The fourth-order valence-electron chi connectivity index (χ4n) is 7.26. The van der Waals surface area contributed by atoms with Crippen LogP contribution in [-0.4, -0.2) is 274 Å². The number of nitrogens with one attached hydrogen (secondary N) is 1. The van der Waals surface area contributed by atoms with Crippen molar-refractivity contribution in [2.75, 3.05) is 152 Å². The summed E-state index contributed by atoms with van der Waals surface area (Å²) in [4.78, 5) is 197. The maximum absolute atomic E-state index is 11.9. The molecule has 0 heterocycles. The van der Waals surface area contributed by atoms with Crippen molar-refractivity contribution < 1.29 is 170 Å². The van der Waals surface area contributed by atoms with E-state index in [0.717, 1.165) is 24.8 Å². The summed E-state index contributed by atoms with van der Waals surface area (Å²) in [5, 5.41) is 3.10. The van der Waals surface area contributed by atoms with Gasteiger partial charge in [-0.2, -0.15) is 8.42 Å². The first-order chi connectivity index (χ1) is 66.2. The summed E-state index contributed by atoms with van der Waals surface area (Å²) >= 11 is 40.6. The Morgan fingerprint density at radius 1 is 0.298 bits per heavy atom. The van der Waals surface area contributed by atoms with Gasteiger partial charge in [-0.3, -0.25) is 52.1 Å². The molecule has 1 rings (SSSR count). The number of esters is 15. The Kier molecular flexibility index (Phi) is 103. The van der Waals surface area contributed by atoms with Crippen LogP contribution in [0.1, 0.15) is 184 Å². The molecule has 0 aliphatic heterocycles. The van der Waals surface area contributed by atoms with Crippen molar-refractivity contribution >= 4 is 214 Å². The van der Waals surface area contributed by atoms with Gasteiger partial charge in [0.05, 0.1) is 89.4 Å². The van der Waals surface area contributed by atoms with Gasteiger partial charge in [0.1, 0.15) is 83.7 Å². The fourth-order valence-corrected chi connectivity index (χ4v) is 9.68. The number of alkyl halides is 8. The monoisotopic (exact) mass is 2230 g/mol. The minimum absolute atomic E-state index is 0.0215. The number of aryl methyl sites for hydroxylation is 1. The van der Waals surface area contributed by atoms with Gasteiger partial charge in [0.15, 0.2) is 0 Å². The van der Waals surface area contributed by atoms with Gasteiger partial charge >= 0.3 is 89.5 Å². The van der Waals surface area contributed by atoms with Crippen LogP contribution in [-0.2, 0) is 172 Å². The zero-order valence-electron chi connectivity index (χ0n) is 82.4. The molecule has 0 aromatic heterocycles. The van der Waals surface area contributed by atoms with Crippen LogP contribution in [0.25, 0.3) is 0 Å². The third-order valence-electron chi connectivity index (χ3n) is 14.5. The van der Waals surface area contributed by atoms with Crippen LogP contribution in [0, 0.1) is 6.92 Å². The van der Waals surface area contributed by atoms with E-state index in [1.807, 2.05) is 6.92 Å². The summed E-state index contributed by atoms with van der Waals surface area (Å²) in [6.45, 7) is 50.0. The lowest BCUT2D eigenvalue weighted by molar-refractivity contribution is -0.155. The molecule has 37 nitrogen and oxygen atoms in total. The first-order valence-corrected chi connectivity index (χ1v) is 49.6. The van der Waals surface area contributed by atoms with E-state index in [4.69, 9.17) is 137 Å². The second-order valence-corrected chi connectivity index (χ2v) is 33.6. The van der Waals surface area contributed by atoms with Gasteiger partial charge in [0.25, 0.3) is 10.1 Å². The van der Waals surface area contributed by atoms with Gasteiger partial charge in [-0.25, -0.2) is 38.4 Å². The number of hydrogen-bond acceptors (Lipinski definition) is 36. The molecule has 1 N–H and O–H groups in total. The summed E-state index contributed by atoms with van der Waals surface area (Å²) in [6, 6.07) is 6.16. The predicted octanol–water partition coefficient (Wildman–Crippen LogP) is 15.3. The zero-order valence-corrected chi connectivity index (χ0v) is 90.1. The topological polar surface area (TPSA) is 501 Å². The smallest absolute Gasteiger partial charge is 0.333 e. The average Bonchev–Trinajstić information content (AvgIpc) is 0.845. The molecule has 1 aromatic rings. The molecule has 141 heavy (non-hydrogen) atoms. The molecule has 0 aliphatic carbocycles. The van der Waals surface area contributed by atoms with Crippen molar-refractivity contribution in [2.45, 2.75) is 196 Å². The van der Waals surface area contributed by atoms with Crippen LogP contribution >= 0.6 is 97.1 Å². The fraction of sp³-hybridized carbons (Fsp3) is 0.558. The number of amides is 1. The molecule has 1 atom stereocenters. The number of carbonyl (C=O) groups excluding carboxylic acids is 18. The van der Waals surface area contributed by atoms with Gasteiger partial charge in [-0.1, -0.05) is 92.8 Å². The van der Waals surface area contributed by atoms with Gasteiger partial charge in [0, 0.05) is 122 Å². The van der Waals surface area contributed by atoms with E-state index in [1.54, 1.807) is 74.4 Å². The maximum Gasteiger partial charge on any atom is 0.333 e. The van der Waals surface area contributed by atoms with E-state index in [1.165, 1.54) is 19.1 Å². The molecule has 1 unspecified atom stereocenters. The van der Waals surface area contributed by atoms with Crippen LogP contribution < -0.4 is 5.32 Å². The predicted molar refractivity (Wildman–Crippen MR) is 537 cm³/mol. The Morgan fingerprint density at radius 3 is 0.865 bits per heavy atom. The Balaban J connectivity index is -0.000000237. The second-order valence-electron chi connectivity index (χ2n) is 28.5. The van der Waals surface area contributed by atoms with Crippen molar-refractivity contribution in [1.82, 2.24) is 5.32 Å². The van der Waals surface area contributed by atoms with Crippen molar-refractivity contribution in [3.05, 3.63) is 139 Å². The first-order valence-electron chi connectivity index (χ1n) is 43.4. The number of rotatable bonds is 63. The maximum atomic E-state index is 11.9. The number of carbonyl (C=O) groups is 18. The highest BCUT2D eigenvalue weighted by atomic mass is 79.9. The van der Waals surface area contributed by atoms with E-state index in [2.05, 4.69) is 99.4 Å². The van der Waals surface area contributed by atoms with E-state index in [0.29, 0.717) is 139 Å². The molecule has 802 valence electrons. The summed E-state index contributed by atoms with van der Waals surface area (Å²) in [5.74, 6) is -4.45. The molecular weight excluding hydrogens is 2090 g/mol. The lowest BCUT2D eigenvalue weighted by Gasteiger charge is -2.12. The number of Topliss-reactive ketones (excluding diaryl/α,β-unsaturated/α-hetero) is 2. The molecule has 1 amide bonds. The number of ketones is 2. The van der Waals surface area contributed by atoms with Crippen LogP contribution in [0.4, 0.5) is 0 Å². The van der Waals surface area contributed by atoms with E-state index in [9.17, 15) is 94.7 Å². The number of benzene rings is 1. The van der Waals surface area contributed by atoms with Crippen LogP contribution in [0.3, 0.4) is 0 Å². The number of ether oxygens (including phenoxy) is 15. The molecule has 0 aliphatic rings. The molecule has 0 saturated carbocycles. The number of hydrogen-bond donors (Lipinski definition) is 1. The lowest BCUT2D eigenvalue weighted by atomic mass is 10.1. The Bertz CT molecular complexity index is 3850. The summed E-state index contributed by atoms with van der Waals surface area (Å²) in [6.07, 6.45) is 6.70. The molecule has 0 saturated heterocycles. The highest BCUT2D eigenvalue weighted by Crippen LogP contribution is 2.15. The van der Waals surface area contributed by atoms with Gasteiger partial charge in [-0.15, -0.1) is 81.2 Å². The third-order valence-corrected chi connectivity index (χ3v) is 17.6. The standard InChI is InChI=1S/C16H20O7S.C12H19ClO3.C11H17ClO4.C10H15ClO4.C10H15ClO3.C9H13BrO4.C9H14ClNO3.2C9H13ClO4/c1-12(2)16(18)22-11-10-21-15(17)8-9-23-24(19,20)14-6-4-13(3)5-7-14;1-10(2)12(15)16-9-5-3-4-6-11(14)7-8-13;1-9(2)11(14)16-8-4-3-7-15-10(13)5-6-12;1-7(2)10(13)14-6-8(3)15-9(12)4-5-11;1-8(2)10(13)14-7-3-4-9(12)5-6-11;1-7(2)9(12)14-6-5-13-8(11)3-4-10;1-7(2)9(13)11-5-6-14-8(12)3-4-10;2*1-7(2)9(12)14-6-5-13-8(11)3-4-10/h4-7H,1,8-11H2,2-3H3;1,3-9H2,2H3;1,3-8H2,2H3;8H,1,4-6H2,2-3H3;1,3-7H2,2H3;1,3-6H2,2H3;1,3-6H2,2H3,(H,11,13);2*1,3-6H2,2H3. The van der Waals surface area contributed by atoms with E-state index < -0.39 is 75.9 Å². The van der Waals surface area contributed by atoms with Gasteiger partial charge in [0.2, 0.25) is 5.91 Å². The van der Waals surface area contributed by atoms with Crippen LogP contribution in [0.2, 0.25) is 0 Å². The average molecular weight is 2230 g/mol. The van der Waals surface area contributed by atoms with E-state index in [-0.39, 0.29) is 205 Å². The molecular formula is C95H139BrCl7NO36S. The van der Waals surface area contributed by atoms with Crippen molar-refractivity contribution in [2.24, 2.45) is 0 Å². The Morgan fingerprint density at radius 2 is 0.553 bits per heavy atom. The minimum Gasteiger partial charge on any atom is -0.466 e. The van der Waals surface area contributed by atoms with E-state index >= 15 is 0 Å². The molecule has 0 bridgehead atoms. The zero-order chi connectivity index (χ0) is 110. The molecule has 1 aromatic carbocycles. The second kappa shape index (κ2) is 98.9. The minimum atomic E-state index is -3.91. The van der Waals surface area contributed by atoms with Crippen molar-refractivity contribution in [3.63, 3.8) is 0 Å². The SMILES string of the molecule is C=C(C)C(=O)NCCOC(=O)CCCl.C=C(C)C(=O)OCC(C)OC(=O)CCCl.C=C(C)C(=O)OCCCC(=O)CCCl.C=C(C)C(=O)OCCCCCC(=O)CCCl.C=C(C)C(=O)OCCCCOC(=O)CCCl.C=C(C)C(=O)OCCOC(=O)CCBr.C=C(C)C(=O)OCCOC(=O)CCCl.C=C(C)C(=O)OCCOC(=O)CCCl.C=C(C)C(=O)OCCOC(=O)CCOS(=O)(=O)c1ccc(C)cc1. The molecule has 0 fully saturated rings. The summed E-state index contributed by atoms with van der Waals surface area (Å²) in [7, 11) is -3.91. The normalized spacial score (nSPS) is 9.95. The molecule has 0 spiro atoms. The van der Waals surface area contributed by atoms with Gasteiger partial charge < -0.3 is 76.4 Å². The quantitative estimate of drug-likeness (QED) is 0.0158. The summed E-state index contributed by atoms with van der Waals surface area (Å²) in [5.41, 5.74) is 4.04. The Hall–Kier alpha value is -9.84.